The summed E-state index contributed by atoms with van der Waals surface area (Å²) in [6.07, 6.45) is 19.0. The van der Waals surface area contributed by atoms with E-state index in [4.69, 9.17) is 15.9 Å². The Hall–Kier alpha value is -0.710. The first kappa shape index (κ1) is 23.3. The van der Waals surface area contributed by atoms with E-state index in [2.05, 4.69) is 19.1 Å². The van der Waals surface area contributed by atoms with Gasteiger partial charge < -0.3 is 15.9 Å². The third-order valence-corrected chi connectivity index (χ3v) is 4.38. The van der Waals surface area contributed by atoms with Gasteiger partial charge in [0.15, 0.2) is 12.1 Å². The molecule has 0 saturated carbocycles. The molecule has 1 unspecified atom stereocenters. The molecule has 0 aromatic rings. The minimum absolute atomic E-state index is 0.261. The highest BCUT2D eigenvalue weighted by atomic mass is 16.5. The average molecular weight is 342 g/mol. The van der Waals surface area contributed by atoms with Crippen LogP contribution in [0, 0.1) is 0 Å². The van der Waals surface area contributed by atoms with Crippen LogP contribution in [0.4, 0.5) is 0 Å². The van der Waals surface area contributed by atoms with Crippen LogP contribution in [0.1, 0.15) is 96.8 Å². The van der Waals surface area contributed by atoms with Crippen molar-refractivity contribution < 1.29 is 15.0 Å². The van der Waals surface area contributed by atoms with Crippen molar-refractivity contribution in [3.05, 3.63) is 12.2 Å². The monoisotopic (exact) mass is 341 g/mol. The van der Waals surface area contributed by atoms with Crippen molar-refractivity contribution in [3.63, 3.8) is 0 Å². The van der Waals surface area contributed by atoms with E-state index >= 15 is 0 Å². The first-order valence-electron chi connectivity index (χ1n) is 9.89. The Kier molecular flexibility index (Phi) is 16.6. The fraction of sp³-hybridized carbons (Fsp3) is 0.850. The van der Waals surface area contributed by atoms with Crippen molar-refractivity contribution in [3.8, 4) is 0 Å². The van der Waals surface area contributed by atoms with Crippen molar-refractivity contribution in [2.45, 2.75) is 109 Å². The van der Waals surface area contributed by atoms with Crippen LogP contribution in [0.5, 0.6) is 0 Å². The van der Waals surface area contributed by atoms with Gasteiger partial charge in [0.25, 0.3) is 0 Å². The summed E-state index contributed by atoms with van der Waals surface area (Å²) in [6, 6.07) is -1.15. The highest BCUT2D eigenvalue weighted by molar-refractivity contribution is 5.84. The summed E-state index contributed by atoms with van der Waals surface area (Å²) in [6.45, 7) is 2.25. The minimum atomic E-state index is -1.74. The van der Waals surface area contributed by atoms with Crippen LogP contribution in [-0.2, 0) is 4.79 Å². The number of ketones is 1. The number of aliphatic hydroxyl groups excluding tert-OH is 1. The summed E-state index contributed by atoms with van der Waals surface area (Å²) in [4.78, 5) is 11.5. The largest absolute Gasteiger partial charge is 0.366 e. The lowest BCUT2D eigenvalue weighted by atomic mass is 10.0. The topological polar surface area (TPSA) is 83.6 Å². The van der Waals surface area contributed by atoms with Crippen LogP contribution in [0.15, 0.2) is 12.2 Å². The fourth-order valence-electron chi connectivity index (χ4n) is 2.70. The number of Topliss-reactive ketones (excluding diaryl/α,β-unsaturated/α-hetero) is 1. The maximum atomic E-state index is 11.5. The molecule has 0 aliphatic carbocycles. The molecular weight excluding hydrogens is 302 g/mol. The van der Waals surface area contributed by atoms with E-state index in [1.54, 1.807) is 0 Å². The van der Waals surface area contributed by atoms with Crippen molar-refractivity contribution in [2.24, 2.45) is 5.73 Å². The van der Waals surface area contributed by atoms with Crippen LogP contribution in [0.25, 0.3) is 0 Å². The fourth-order valence-corrected chi connectivity index (χ4v) is 2.70. The van der Waals surface area contributed by atoms with Gasteiger partial charge in [-0.15, -0.1) is 0 Å². The molecule has 0 rings (SSSR count). The van der Waals surface area contributed by atoms with Gasteiger partial charge in [0.05, 0.1) is 0 Å². The maximum Gasteiger partial charge on any atom is 0.174 e. The summed E-state index contributed by atoms with van der Waals surface area (Å²) in [7, 11) is 0. The predicted molar refractivity (Wildman–Crippen MR) is 101 cm³/mol. The van der Waals surface area contributed by atoms with Crippen LogP contribution in [0.2, 0.25) is 0 Å². The highest BCUT2D eigenvalue weighted by Gasteiger charge is 2.19. The van der Waals surface area contributed by atoms with E-state index in [0.717, 1.165) is 25.7 Å². The van der Waals surface area contributed by atoms with Gasteiger partial charge in [-0.3, -0.25) is 4.79 Å². The van der Waals surface area contributed by atoms with E-state index in [1.807, 2.05) is 0 Å². The lowest BCUT2D eigenvalue weighted by Crippen LogP contribution is -2.41. The number of unbranched alkanes of at least 4 members (excludes halogenated alkanes) is 11. The molecule has 4 nitrogen and oxygen atoms in total. The Morgan fingerprint density at radius 3 is 1.79 bits per heavy atom. The third kappa shape index (κ3) is 14.9. The van der Waals surface area contributed by atoms with Gasteiger partial charge in [-0.25, -0.2) is 0 Å². The molecular formula is C20H39NO3. The number of carbonyl (C=O) groups excluding carboxylic acids is 1. The molecule has 0 saturated heterocycles. The van der Waals surface area contributed by atoms with Crippen molar-refractivity contribution in [2.75, 3.05) is 0 Å². The molecule has 0 spiro atoms. The summed E-state index contributed by atoms with van der Waals surface area (Å²) < 4.78 is 0. The number of aliphatic hydroxyl groups is 2. The van der Waals surface area contributed by atoms with Crippen molar-refractivity contribution in [1.82, 2.24) is 0 Å². The van der Waals surface area contributed by atoms with Gasteiger partial charge in [-0.1, -0.05) is 70.4 Å². The predicted octanol–water partition coefficient (Wildman–Crippen LogP) is 4.23. The Labute approximate surface area is 148 Å². The van der Waals surface area contributed by atoms with Crippen LogP contribution >= 0.6 is 0 Å². The number of allylic oxidation sites excluding steroid dienone is 2. The summed E-state index contributed by atoms with van der Waals surface area (Å²) in [5, 5.41) is 17.6. The molecule has 4 heteroatoms. The number of rotatable bonds is 17. The molecule has 0 heterocycles. The Morgan fingerprint density at radius 2 is 1.29 bits per heavy atom. The summed E-state index contributed by atoms with van der Waals surface area (Å²) in [5.74, 6) is -0.261. The summed E-state index contributed by atoms with van der Waals surface area (Å²) in [5.41, 5.74) is 5.36. The van der Waals surface area contributed by atoms with Gasteiger partial charge in [0, 0.05) is 6.42 Å². The maximum absolute atomic E-state index is 11.5. The third-order valence-electron chi connectivity index (χ3n) is 4.38. The van der Waals surface area contributed by atoms with Gasteiger partial charge in [0.1, 0.15) is 6.04 Å². The normalized spacial score (nSPS) is 13.0. The van der Waals surface area contributed by atoms with E-state index in [9.17, 15) is 4.79 Å². The van der Waals surface area contributed by atoms with Crippen LogP contribution < -0.4 is 5.73 Å². The lowest BCUT2D eigenvalue weighted by molar-refractivity contribution is -0.131. The number of hydrogen-bond donors (Lipinski definition) is 3. The molecule has 0 fully saturated rings. The van der Waals surface area contributed by atoms with Gasteiger partial charge in [0.2, 0.25) is 0 Å². The molecule has 0 aromatic carbocycles. The van der Waals surface area contributed by atoms with Crippen molar-refractivity contribution in [1.29, 1.82) is 0 Å². The molecule has 4 N–H and O–H groups in total. The first-order chi connectivity index (χ1) is 11.6. The Bertz CT molecular complexity index is 316. The second kappa shape index (κ2) is 17.1. The molecule has 24 heavy (non-hydrogen) atoms. The molecule has 0 radical (unpaired) electrons. The molecule has 0 aliphatic rings. The minimum Gasteiger partial charge on any atom is -0.366 e. The average Bonchev–Trinajstić information content (AvgIpc) is 2.57. The van der Waals surface area contributed by atoms with Gasteiger partial charge >= 0.3 is 0 Å². The van der Waals surface area contributed by atoms with E-state index in [1.165, 1.54) is 57.8 Å². The number of nitrogens with two attached hydrogens (primary N) is 1. The van der Waals surface area contributed by atoms with Crippen molar-refractivity contribution >= 4 is 5.78 Å². The lowest BCUT2D eigenvalue weighted by Gasteiger charge is -2.11. The molecule has 1 atom stereocenters. The quantitative estimate of drug-likeness (QED) is 0.210. The molecule has 142 valence electrons. The van der Waals surface area contributed by atoms with Gasteiger partial charge in [-0.2, -0.15) is 0 Å². The van der Waals surface area contributed by atoms with E-state index in [-0.39, 0.29) is 5.78 Å². The van der Waals surface area contributed by atoms with Crippen LogP contribution in [-0.4, -0.2) is 28.3 Å². The van der Waals surface area contributed by atoms with Crippen LogP contribution in [0.3, 0.4) is 0 Å². The first-order valence-corrected chi connectivity index (χ1v) is 9.89. The Balaban J connectivity index is 3.27. The molecule has 0 aromatic heterocycles. The second-order valence-corrected chi connectivity index (χ2v) is 6.74. The molecule has 0 amide bonds. The zero-order chi connectivity index (χ0) is 18.0. The standard InChI is InChI=1S/C20H39NO3/c1-2-3-4-5-6-7-8-9-10-11-12-13-14-15-16-17-18(22)19(21)20(23)24/h9-10,19-20,23-24H,2-8,11-17,21H2,1H3. The van der Waals surface area contributed by atoms with E-state index < -0.39 is 12.3 Å². The highest BCUT2D eigenvalue weighted by Crippen LogP contribution is 2.10. The summed E-state index contributed by atoms with van der Waals surface area (Å²) >= 11 is 0. The number of carbonyl (C=O) groups is 1. The molecule has 0 bridgehead atoms. The van der Waals surface area contributed by atoms with E-state index in [0.29, 0.717) is 6.42 Å². The SMILES string of the molecule is CCCCCCCCC=CCCCCCCCC(=O)C(N)C(O)O. The molecule has 0 aliphatic heterocycles. The zero-order valence-corrected chi connectivity index (χ0v) is 15.6. The number of hydrogen-bond acceptors (Lipinski definition) is 4. The second-order valence-electron chi connectivity index (χ2n) is 6.74. The Morgan fingerprint density at radius 1 is 0.833 bits per heavy atom. The smallest absolute Gasteiger partial charge is 0.174 e. The van der Waals surface area contributed by atoms with Gasteiger partial charge in [-0.05, 0) is 32.1 Å². The zero-order valence-electron chi connectivity index (χ0n) is 15.6.